The Hall–Kier alpha value is -2.74. The van der Waals surface area contributed by atoms with Crippen LogP contribution in [0.5, 0.6) is 11.5 Å². The van der Waals surface area contributed by atoms with Gasteiger partial charge in [-0.3, -0.25) is 0 Å². The molecule has 0 saturated heterocycles. The lowest BCUT2D eigenvalue weighted by atomic mass is 9.78. The first-order valence-corrected chi connectivity index (χ1v) is 42.3. The molecule has 0 saturated carbocycles. The van der Waals surface area contributed by atoms with Gasteiger partial charge >= 0.3 is 0 Å². The van der Waals surface area contributed by atoms with Gasteiger partial charge in [0.25, 0.3) is 0 Å². The van der Waals surface area contributed by atoms with E-state index in [9.17, 15) is 0 Å². The van der Waals surface area contributed by atoms with E-state index in [4.69, 9.17) is 18.2 Å². The zero-order chi connectivity index (χ0) is 63.9. The van der Waals surface area contributed by atoms with Gasteiger partial charge in [0.15, 0.2) is 0 Å². The number of thiophene rings is 2. The number of hydrogen-bond donors (Lipinski definition) is 0. The van der Waals surface area contributed by atoms with Gasteiger partial charge in [0.1, 0.15) is 33.7 Å². The first-order chi connectivity index (χ1) is 44.9. The molecule has 0 radical (unpaired) electrons. The predicted octanol–water partition coefficient (Wildman–Crippen LogP) is 30.5. The molecule has 0 N–H and O–H groups in total. The lowest BCUT2D eigenvalue weighted by molar-refractivity contribution is 0.0346. The molecule has 0 amide bonds. The van der Waals surface area contributed by atoms with E-state index < -0.39 is 0 Å². The van der Waals surface area contributed by atoms with Crippen LogP contribution in [0.25, 0.3) is 42.4 Å². The van der Waals surface area contributed by atoms with Crippen molar-refractivity contribution in [3.63, 3.8) is 0 Å². The van der Waals surface area contributed by atoms with Crippen LogP contribution < -0.4 is 9.47 Å². The highest BCUT2D eigenvalue weighted by molar-refractivity contribution is 7.19. The summed E-state index contributed by atoms with van der Waals surface area (Å²) in [6.07, 6.45) is 75.8. The minimum atomic E-state index is -0.388. The molecule has 0 spiro atoms. The first-order valence-electron chi connectivity index (χ1n) is 39.9. The molecule has 3 aromatic heterocycles. The summed E-state index contributed by atoms with van der Waals surface area (Å²) in [5.41, 5.74) is 9.21. The molecule has 0 unspecified atom stereocenters. The van der Waals surface area contributed by atoms with E-state index in [1.165, 1.54) is 399 Å². The Bertz CT molecular complexity index is 2610. The Morgan fingerprint density at radius 3 is 0.923 bits per heavy atom. The fourth-order valence-corrected chi connectivity index (χ4v) is 18.7. The summed E-state index contributed by atoms with van der Waals surface area (Å²) in [4.78, 5) is 5.55. The largest absolute Gasteiger partial charge is 0.482 e. The maximum Gasteiger partial charge on any atom is 0.135 e. The van der Waals surface area contributed by atoms with Crippen molar-refractivity contribution in [3.8, 4) is 42.8 Å². The summed E-state index contributed by atoms with van der Waals surface area (Å²) in [5.74, 6) is 2.17. The minimum Gasteiger partial charge on any atom is -0.482 e. The zero-order valence-corrected chi connectivity index (χ0v) is 62.4. The molecule has 4 nitrogen and oxygen atoms in total. The quantitative estimate of drug-likeness (QED) is 0.0364. The fraction of sp³-hybridized carbons (Fsp3) is 0.762. The lowest BCUT2D eigenvalue weighted by Crippen LogP contribution is -2.37. The number of rotatable bonds is 57. The third-order valence-corrected chi connectivity index (χ3v) is 24.2. The lowest BCUT2D eigenvalue weighted by Gasteiger charge is -2.42. The Morgan fingerprint density at radius 1 is 0.308 bits per heavy atom. The molecule has 0 bridgehead atoms. The number of aromatic nitrogens is 2. The van der Waals surface area contributed by atoms with Crippen molar-refractivity contribution in [1.82, 2.24) is 8.75 Å². The van der Waals surface area contributed by atoms with Crippen LogP contribution in [0, 0.1) is 13.8 Å². The van der Waals surface area contributed by atoms with E-state index >= 15 is 0 Å². The molecule has 5 heterocycles. The van der Waals surface area contributed by atoms with E-state index in [2.05, 4.69) is 77.9 Å². The van der Waals surface area contributed by atoms with Gasteiger partial charge < -0.3 is 9.47 Å². The van der Waals surface area contributed by atoms with Crippen LogP contribution in [0.4, 0.5) is 0 Å². The summed E-state index contributed by atoms with van der Waals surface area (Å²) in [6, 6.07) is 14.7. The summed E-state index contributed by atoms with van der Waals surface area (Å²) in [5, 5.41) is 0. The Labute approximate surface area is 572 Å². The van der Waals surface area contributed by atoms with Gasteiger partial charge in [-0.15, -0.1) is 22.7 Å². The molecule has 2 aromatic carbocycles. The molecule has 512 valence electrons. The highest BCUT2D eigenvalue weighted by Gasteiger charge is 2.46. The second-order valence-electron chi connectivity index (χ2n) is 29.4. The molecular formula is C84H136N2O2S3. The summed E-state index contributed by atoms with van der Waals surface area (Å²) in [7, 11) is 0. The normalized spacial score (nSPS) is 13.8. The van der Waals surface area contributed by atoms with Crippen molar-refractivity contribution >= 4 is 45.4 Å². The zero-order valence-electron chi connectivity index (χ0n) is 60.0. The van der Waals surface area contributed by atoms with E-state index in [0.29, 0.717) is 0 Å². The molecule has 5 aromatic rings. The molecule has 0 atom stereocenters. The predicted molar refractivity (Wildman–Crippen MR) is 405 cm³/mol. The smallest absolute Gasteiger partial charge is 0.135 e. The third kappa shape index (κ3) is 25.3. The van der Waals surface area contributed by atoms with Crippen molar-refractivity contribution in [2.24, 2.45) is 0 Å². The number of nitrogens with zero attached hydrogens (tertiary/aromatic N) is 2. The van der Waals surface area contributed by atoms with Crippen LogP contribution in [-0.2, 0) is 11.2 Å². The van der Waals surface area contributed by atoms with Gasteiger partial charge in [-0.25, -0.2) is 0 Å². The van der Waals surface area contributed by atoms with Gasteiger partial charge in [-0.05, 0) is 95.0 Å². The van der Waals surface area contributed by atoms with E-state index in [-0.39, 0.29) is 11.2 Å². The number of fused-ring (bicyclic) bond motifs is 7. The third-order valence-electron chi connectivity index (χ3n) is 21.4. The van der Waals surface area contributed by atoms with E-state index in [1.54, 1.807) is 0 Å². The molecule has 2 aliphatic rings. The molecule has 0 aliphatic carbocycles. The minimum absolute atomic E-state index is 0.312. The van der Waals surface area contributed by atoms with Crippen LogP contribution in [0.2, 0.25) is 0 Å². The van der Waals surface area contributed by atoms with Crippen molar-refractivity contribution in [3.05, 3.63) is 58.0 Å². The molecule has 7 heteroatoms. The fourth-order valence-electron chi connectivity index (χ4n) is 15.6. The Balaban J connectivity index is 1.12. The van der Waals surface area contributed by atoms with Crippen LogP contribution in [0.1, 0.15) is 409 Å². The second-order valence-corrected chi connectivity index (χ2v) is 32.2. The van der Waals surface area contributed by atoms with Crippen molar-refractivity contribution < 1.29 is 9.47 Å². The topological polar surface area (TPSA) is 44.2 Å². The Morgan fingerprint density at radius 2 is 0.593 bits per heavy atom. The van der Waals surface area contributed by atoms with Gasteiger partial charge in [0.2, 0.25) is 0 Å². The van der Waals surface area contributed by atoms with Crippen molar-refractivity contribution in [2.75, 3.05) is 0 Å². The maximum atomic E-state index is 7.98. The van der Waals surface area contributed by atoms with Crippen LogP contribution in [0.3, 0.4) is 0 Å². The molecule has 91 heavy (non-hydrogen) atoms. The van der Waals surface area contributed by atoms with Gasteiger partial charge in [-0.1, -0.05) is 348 Å². The highest BCUT2D eigenvalue weighted by atomic mass is 32.1. The molecule has 7 rings (SSSR count). The van der Waals surface area contributed by atoms with Crippen LogP contribution in [0.15, 0.2) is 36.4 Å². The average Bonchev–Trinajstić information content (AvgIpc) is 1.68. The SMILES string of the molecule is CCCCCCCCCCCCCCCC1(CCCCCCCCCCCCCCC)Oc2cc3c(cc2-c2sc(C)cc21)OC(CCCCCCCCCCCCCCC)(CCCCCCCCCCCCCCC)c1cc(-c2ccc(C)c4nsnc24)sc1-3. The molecule has 2 aliphatic heterocycles. The van der Waals surface area contributed by atoms with Crippen LogP contribution in [-0.4, -0.2) is 8.75 Å². The van der Waals surface area contributed by atoms with Crippen molar-refractivity contribution in [1.29, 1.82) is 0 Å². The summed E-state index contributed by atoms with van der Waals surface area (Å²) < 4.78 is 25.7. The molecule has 0 fully saturated rings. The number of aryl methyl sites for hydroxylation is 2. The van der Waals surface area contributed by atoms with Crippen molar-refractivity contribution in [2.45, 2.75) is 412 Å². The number of hydrogen-bond acceptors (Lipinski definition) is 7. The first kappa shape index (κ1) is 75.6. The number of ether oxygens (including phenoxy) is 2. The standard InChI is InChI=1S/C84H136N2O2S3/c1-7-11-15-19-23-27-31-35-39-43-47-51-55-61-83(62-56-52-48-44-40-36-32-28-24-20-16-12-8-2)74-65-70(6)89-81(74)72-66-77-73(67-76(72)87-83)82-75(68-78(90-82)71-60-59-69(5)79-80(71)86-91-85-79)84(88-77,63-57-53-49-45-41-37-33-29-25-21-17-13-9-3)64-58-54-50-46-42-38-34-30-26-22-18-14-10-4/h59-60,65-68H,7-58,61-64H2,1-6H3. The molecular weight excluding hydrogens is 1170 g/mol. The number of unbranched alkanes of at least 4 members (excludes halogenated alkanes) is 48. The monoisotopic (exact) mass is 1300 g/mol. The van der Waals surface area contributed by atoms with Gasteiger partial charge in [-0.2, -0.15) is 8.75 Å². The summed E-state index contributed by atoms with van der Waals surface area (Å²) in [6.45, 7) is 13.8. The Kier molecular flexibility index (Phi) is 37.3. The van der Waals surface area contributed by atoms with E-state index in [1.807, 2.05) is 22.7 Å². The van der Waals surface area contributed by atoms with Gasteiger partial charge in [0.05, 0.1) is 11.7 Å². The number of benzene rings is 2. The van der Waals surface area contributed by atoms with Gasteiger partial charge in [0, 0.05) is 47.3 Å². The van der Waals surface area contributed by atoms with E-state index in [0.717, 1.165) is 48.2 Å². The summed E-state index contributed by atoms with van der Waals surface area (Å²) >= 11 is 5.36. The maximum absolute atomic E-state index is 7.98. The van der Waals surface area contributed by atoms with Crippen LogP contribution >= 0.6 is 34.4 Å². The average molecular weight is 1300 g/mol. The highest BCUT2D eigenvalue weighted by Crippen LogP contribution is 2.60. The second kappa shape index (κ2) is 44.9.